The highest BCUT2D eigenvalue weighted by Crippen LogP contribution is 2.15. The van der Waals surface area contributed by atoms with Gasteiger partial charge in [-0.15, -0.1) is 0 Å². The summed E-state index contributed by atoms with van der Waals surface area (Å²) in [5.41, 5.74) is -1.78. The summed E-state index contributed by atoms with van der Waals surface area (Å²) in [5, 5.41) is 21.1. The number of nitrogens with one attached hydrogen (secondary N) is 1. The van der Waals surface area contributed by atoms with Crippen molar-refractivity contribution in [1.29, 1.82) is 0 Å². The molecule has 0 saturated heterocycles. The lowest BCUT2D eigenvalue weighted by molar-refractivity contribution is -0.155. The number of hydrogen-bond donors (Lipinski definition) is 3. The molecule has 1 aromatic rings. The van der Waals surface area contributed by atoms with Crippen LogP contribution >= 0.6 is 0 Å². The third-order valence-electron chi connectivity index (χ3n) is 2.43. The molecular weight excluding hydrogens is 264 g/mol. The number of nitrogens with zero attached hydrogens (tertiary/aromatic N) is 1. The molecule has 0 radical (unpaired) electrons. The van der Waals surface area contributed by atoms with Crippen molar-refractivity contribution in [2.24, 2.45) is 0 Å². The van der Waals surface area contributed by atoms with Gasteiger partial charge in [-0.2, -0.15) is 0 Å². The summed E-state index contributed by atoms with van der Waals surface area (Å²) in [6.07, 6.45) is 1.17. The van der Waals surface area contributed by atoms with E-state index in [4.69, 9.17) is 9.84 Å². The average molecular weight is 282 g/mol. The Morgan fingerprint density at radius 3 is 2.70 bits per heavy atom. The van der Waals surface area contributed by atoms with Crippen molar-refractivity contribution >= 4 is 17.8 Å². The van der Waals surface area contributed by atoms with Crippen LogP contribution in [-0.2, 0) is 9.53 Å². The van der Waals surface area contributed by atoms with E-state index in [9.17, 15) is 14.7 Å². The number of aliphatic carboxylic acids is 1. The number of pyridine rings is 1. The van der Waals surface area contributed by atoms with Crippen LogP contribution in [-0.4, -0.2) is 45.4 Å². The number of aliphatic hydroxyl groups is 1. The second-order valence-electron chi connectivity index (χ2n) is 4.79. The summed E-state index contributed by atoms with van der Waals surface area (Å²) in [4.78, 5) is 26.6. The van der Waals surface area contributed by atoms with Crippen LogP contribution in [0.1, 0.15) is 31.1 Å². The summed E-state index contributed by atoms with van der Waals surface area (Å²) in [5.74, 6) is -1.77. The number of carbonyl (C=O) groups is 2. The predicted molar refractivity (Wildman–Crippen MR) is 71.5 cm³/mol. The summed E-state index contributed by atoms with van der Waals surface area (Å²) in [7, 11) is 0. The molecule has 1 unspecified atom stereocenters. The van der Waals surface area contributed by atoms with Gasteiger partial charge >= 0.3 is 11.9 Å². The maximum absolute atomic E-state index is 11.9. The van der Waals surface area contributed by atoms with E-state index in [1.54, 1.807) is 19.9 Å². The van der Waals surface area contributed by atoms with Crippen molar-refractivity contribution < 1.29 is 24.5 Å². The standard InChI is InChI=1S/C13H18N2O5/c1-8(2)20-11(16)9-5-4-6-14-10(9)15-7-13(3,19)12(17)18/h4-6,8,19H,7H2,1-3H3,(H,14,15)(H,17,18). The van der Waals surface area contributed by atoms with Crippen LogP contribution in [0.4, 0.5) is 5.82 Å². The molecule has 7 nitrogen and oxygen atoms in total. The van der Waals surface area contributed by atoms with Crippen molar-refractivity contribution in [3.05, 3.63) is 23.9 Å². The maximum atomic E-state index is 11.9. The first-order valence-electron chi connectivity index (χ1n) is 6.09. The number of anilines is 1. The largest absolute Gasteiger partial charge is 0.479 e. The Balaban J connectivity index is 2.86. The smallest absolute Gasteiger partial charge is 0.342 e. The monoisotopic (exact) mass is 282 g/mol. The minimum atomic E-state index is -1.96. The molecule has 0 fully saturated rings. The molecule has 0 aliphatic carbocycles. The highest BCUT2D eigenvalue weighted by atomic mass is 16.5. The van der Waals surface area contributed by atoms with Crippen molar-refractivity contribution in [3.63, 3.8) is 0 Å². The molecule has 3 N–H and O–H groups in total. The molecule has 110 valence electrons. The average Bonchev–Trinajstić information content (AvgIpc) is 2.35. The van der Waals surface area contributed by atoms with Crippen LogP contribution in [0.25, 0.3) is 0 Å². The molecule has 0 aliphatic heterocycles. The molecule has 1 aromatic heterocycles. The maximum Gasteiger partial charge on any atom is 0.342 e. The van der Waals surface area contributed by atoms with Crippen LogP contribution < -0.4 is 5.32 Å². The highest BCUT2D eigenvalue weighted by Gasteiger charge is 2.30. The van der Waals surface area contributed by atoms with Crippen molar-refractivity contribution in [1.82, 2.24) is 4.98 Å². The van der Waals surface area contributed by atoms with E-state index in [1.165, 1.54) is 12.3 Å². The minimum Gasteiger partial charge on any atom is -0.479 e. The van der Waals surface area contributed by atoms with Gasteiger partial charge in [0.15, 0.2) is 5.60 Å². The van der Waals surface area contributed by atoms with Crippen molar-refractivity contribution in [3.8, 4) is 0 Å². The van der Waals surface area contributed by atoms with Gasteiger partial charge in [-0.3, -0.25) is 0 Å². The molecule has 0 spiro atoms. The van der Waals surface area contributed by atoms with Crippen LogP contribution in [0.5, 0.6) is 0 Å². The van der Waals surface area contributed by atoms with E-state index in [0.717, 1.165) is 6.92 Å². The first-order valence-corrected chi connectivity index (χ1v) is 6.09. The van der Waals surface area contributed by atoms with Crippen LogP contribution in [0.3, 0.4) is 0 Å². The molecule has 1 atom stereocenters. The first kappa shape index (κ1) is 15.9. The summed E-state index contributed by atoms with van der Waals surface area (Å²) in [6.45, 7) is 4.30. The number of ether oxygens (including phenoxy) is 1. The molecule has 0 saturated carbocycles. The fourth-order valence-corrected chi connectivity index (χ4v) is 1.32. The highest BCUT2D eigenvalue weighted by molar-refractivity contribution is 5.94. The van der Waals surface area contributed by atoms with Gasteiger partial charge in [-0.05, 0) is 32.9 Å². The Hall–Kier alpha value is -2.15. The summed E-state index contributed by atoms with van der Waals surface area (Å²) >= 11 is 0. The number of aromatic nitrogens is 1. The molecule has 0 amide bonds. The quantitative estimate of drug-likeness (QED) is 0.665. The second kappa shape index (κ2) is 6.33. The van der Waals surface area contributed by atoms with Gasteiger partial charge in [0.05, 0.1) is 12.6 Å². The van der Waals surface area contributed by atoms with E-state index in [1.807, 2.05) is 0 Å². The number of hydrogen-bond acceptors (Lipinski definition) is 6. The Labute approximate surface area is 116 Å². The number of carboxylic acids is 1. The van der Waals surface area contributed by atoms with Gasteiger partial charge in [0.25, 0.3) is 0 Å². The number of carboxylic acid groups (broad SMARTS) is 1. The molecule has 1 heterocycles. The zero-order chi connectivity index (χ0) is 15.3. The van der Waals surface area contributed by atoms with Crippen molar-refractivity contribution in [2.75, 3.05) is 11.9 Å². The number of carbonyl (C=O) groups excluding carboxylic acids is 1. The van der Waals surface area contributed by atoms with Gasteiger partial charge in [0, 0.05) is 6.20 Å². The fourth-order valence-electron chi connectivity index (χ4n) is 1.32. The second-order valence-corrected chi connectivity index (χ2v) is 4.79. The third-order valence-corrected chi connectivity index (χ3v) is 2.43. The van der Waals surface area contributed by atoms with E-state index in [2.05, 4.69) is 10.3 Å². The normalized spacial score (nSPS) is 13.7. The molecular formula is C13H18N2O5. The lowest BCUT2D eigenvalue weighted by Crippen LogP contribution is -2.42. The Kier molecular flexibility index (Phi) is 5.04. The van der Waals surface area contributed by atoms with Gasteiger partial charge < -0.3 is 20.3 Å². The SMILES string of the molecule is CC(C)OC(=O)c1cccnc1NCC(C)(O)C(=O)O. The Morgan fingerprint density at radius 2 is 2.15 bits per heavy atom. The van der Waals surface area contributed by atoms with Gasteiger partial charge in [-0.25, -0.2) is 14.6 Å². The molecule has 7 heteroatoms. The Morgan fingerprint density at radius 1 is 1.50 bits per heavy atom. The Bertz CT molecular complexity index is 499. The number of rotatable bonds is 6. The van der Waals surface area contributed by atoms with Gasteiger partial charge in [0.2, 0.25) is 0 Å². The lowest BCUT2D eigenvalue weighted by atomic mass is 10.1. The number of esters is 1. The molecule has 1 rings (SSSR count). The first-order chi connectivity index (χ1) is 9.24. The van der Waals surface area contributed by atoms with E-state index < -0.39 is 17.5 Å². The summed E-state index contributed by atoms with van der Waals surface area (Å²) in [6, 6.07) is 3.08. The zero-order valence-electron chi connectivity index (χ0n) is 11.6. The lowest BCUT2D eigenvalue weighted by Gasteiger charge is -2.19. The predicted octanol–water partition coefficient (Wildman–Crippen LogP) is 0.894. The zero-order valence-corrected chi connectivity index (χ0v) is 11.6. The third kappa shape index (κ3) is 4.20. The van der Waals surface area contributed by atoms with E-state index in [-0.39, 0.29) is 24.0 Å². The van der Waals surface area contributed by atoms with Gasteiger partial charge in [0.1, 0.15) is 11.4 Å². The van der Waals surface area contributed by atoms with E-state index >= 15 is 0 Å². The molecule has 20 heavy (non-hydrogen) atoms. The van der Waals surface area contributed by atoms with Gasteiger partial charge in [-0.1, -0.05) is 0 Å². The van der Waals surface area contributed by atoms with Crippen LogP contribution in [0.15, 0.2) is 18.3 Å². The van der Waals surface area contributed by atoms with E-state index in [0.29, 0.717) is 0 Å². The molecule has 0 aliphatic rings. The fraction of sp³-hybridized carbons (Fsp3) is 0.462. The topological polar surface area (TPSA) is 109 Å². The van der Waals surface area contributed by atoms with Crippen LogP contribution in [0.2, 0.25) is 0 Å². The summed E-state index contributed by atoms with van der Waals surface area (Å²) < 4.78 is 5.06. The molecule has 0 bridgehead atoms. The minimum absolute atomic E-state index is 0.166. The van der Waals surface area contributed by atoms with Crippen molar-refractivity contribution in [2.45, 2.75) is 32.5 Å². The molecule has 0 aromatic carbocycles. The van der Waals surface area contributed by atoms with Crippen LogP contribution in [0, 0.1) is 0 Å².